The number of hydrogen-bond donors (Lipinski definition) is 0. The predicted octanol–water partition coefficient (Wildman–Crippen LogP) is 2.89. The van der Waals surface area contributed by atoms with Crippen LogP contribution in [0, 0.1) is 10.1 Å². The summed E-state index contributed by atoms with van der Waals surface area (Å²) in [4.78, 5) is 11.1. The third-order valence-electron chi connectivity index (χ3n) is 2.57. The van der Waals surface area contributed by atoms with Crippen molar-refractivity contribution in [3.05, 3.63) is 58.6 Å². The van der Waals surface area contributed by atoms with E-state index in [9.17, 15) is 10.1 Å². The Morgan fingerprint density at radius 3 is 2.68 bits per heavy atom. The summed E-state index contributed by atoms with van der Waals surface area (Å²) >= 11 is 1.18. The van der Waals surface area contributed by atoms with Crippen LogP contribution in [0.25, 0.3) is 11.0 Å². The van der Waals surface area contributed by atoms with Crippen LogP contribution >= 0.6 is 11.9 Å². The van der Waals surface area contributed by atoms with Gasteiger partial charge in [-0.2, -0.15) is 4.09 Å². The Balaban J connectivity index is 2.04. The van der Waals surface area contributed by atoms with Gasteiger partial charge in [0.05, 0.1) is 4.92 Å². The highest BCUT2D eigenvalue weighted by molar-refractivity contribution is 7.98. The number of aromatic nitrogens is 3. The summed E-state index contributed by atoms with van der Waals surface area (Å²) in [6.45, 7) is 0. The fourth-order valence-corrected chi connectivity index (χ4v) is 2.58. The Morgan fingerprint density at radius 2 is 1.84 bits per heavy atom. The fraction of sp³-hybridized carbons (Fsp3) is 0. The monoisotopic (exact) mass is 272 g/mol. The zero-order chi connectivity index (χ0) is 13.2. The van der Waals surface area contributed by atoms with Gasteiger partial charge < -0.3 is 0 Å². The number of nitro benzene ring substituents is 1. The average molecular weight is 272 g/mol. The van der Waals surface area contributed by atoms with Crippen molar-refractivity contribution in [3.8, 4) is 0 Å². The van der Waals surface area contributed by atoms with Crippen LogP contribution in [0.2, 0.25) is 0 Å². The van der Waals surface area contributed by atoms with E-state index in [-0.39, 0.29) is 5.69 Å². The van der Waals surface area contributed by atoms with E-state index in [1.165, 1.54) is 18.0 Å². The molecule has 0 atom stereocenters. The van der Waals surface area contributed by atoms with Crippen LogP contribution < -0.4 is 0 Å². The predicted molar refractivity (Wildman–Crippen MR) is 71.9 cm³/mol. The third-order valence-corrected chi connectivity index (χ3v) is 3.55. The number of nitro groups is 1. The molecule has 0 unspecified atom stereocenters. The van der Waals surface area contributed by atoms with Crippen molar-refractivity contribution in [1.82, 2.24) is 14.4 Å². The molecule has 0 saturated heterocycles. The van der Waals surface area contributed by atoms with Crippen molar-refractivity contribution in [3.63, 3.8) is 0 Å². The summed E-state index contributed by atoms with van der Waals surface area (Å²) in [5, 5.41) is 19.0. The minimum Gasteiger partial charge on any atom is -0.258 e. The van der Waals surface area contributed by atoms with Crippen LogP contribution in [0.3, 0.4) is 0 Å². The van der Waals surface area contributed by atoms with Crippen molar-refractivity contribution in [1.29, 1.82) is 0 Å². The van der Waals surface area contributed by atoms with Crippen LogP contribution in [0.15, 0.2) is 53.4 Å². The van der Waals surface area contributed by atoms with Gasteiger partial charge >= 0.3 is 0 Å². The maximum Gasteiger partial charge on any atom is 0.284 e. The maximum absolute atomic E-state index is 11.0. The van der Waals surface area contributed by atoms with Gasteiger partial charge in [0.1, 0.15) is 15.9 Å². The van der Waals surface area contributed by atoms with Crippen LogP contribution in [0.4, 0.5) is 5.69 Å². The molecule has 0 aliphatic carbocycles. The molecule has 2 aromatic carbocycles. The first-order valence-corrected chi connectivity index (χ1v) is 6.25. The van der Waals surface area contributed by atoms with E-state index in [4.69, 9.17) is 0 Å². The summed E-state index contributed by atoms with van der Waals surface area (Å²) < 4.78 is 1.58. The SMILES string of the molecule is O=[N+]([O-])c1ccccc1Sn1nnc2ccccc21. The first-order chi connectivity index (χ1) is 9.25. The van der Waals surface area contributed by atoms with Gasteiger partial charge in [-0.15, -0.1) is 5.10 Å². The van der Waals surface area contributed by atoms with Crippen molar-refractivity contribution in [2.45, 2.75) is 4.90 Å². The summed E-state index contributed by atoms with van der Waals surface area (Å²) in [6, 6.07) is 14.0. The van der Waals surface area contributed by atoms with Gasteiger partial charge in [0.15, 0.2) is 0 Å². The Morgan fingerprint density at radius 1 is 1.11 bits per heavy atom. The Labute approximate surface area is 112 Å². The summed E-state index contributed by atoms with van der Waals surface area (Å²) in [7, 11) is 0. The topological polar surface area (TPSA) is 73.8 Å². The van der Waals surface area contributed by atoms with Gasteiger partial charge in [0.25, 0.3) is 5.69 Å². The van der Waals surface area contributed by atoms with Crippen molar-refractivity contribution >= 4 is 28.7 Å². The molecule has 6 nitrogen and oxygen atoms in total. The normalized spacial score (nSPS) is 10.7. The zero-order valence-electron chi connectivity index (χ0n) is 9.63. The van der Waals surface area contributed by atoms with Gasteiger partial charge in [-0.25, -0.2) is 0 Å². The number of fused-ring (bicyclic) bond motifs is 1. The second-order valence-corrected chi connectivity index (χ2v) is 4.74. The Bertz CT molecular complexity index is 756. The molecular formula is C12H8N4O2S. The minimum absolute atomic E-state index is 0.0621. The molecule has 1 aromatic heterocycles. The largest absolute Gasteiger partial charge is 0.284 e. The van der Waals surface area contributed by atoms with E-state index in [1.807, 2.05) is 24.3 Å². The number of hydrogen-bond acceptors (Lipinski definition) is 5. The highest BCUT2D eigenvalue weighted by Crippen LogP contribution is 2.30. The second-order valence-electron chi connectivity index (χ2n) is 3.77. The lowest BCUT2D eigenvalue weighted by molar-refractivity contribution is -0.387. The summed E-state index contributed by atoms with van der Waals surface area (Å²) in [5.41, 5.74) is 1.64. The number of rotatable bonds is 3. The molecule has 0 fully saturated rings. The average Bonchev–Trinajstić information content (AvgIpc) is 2.83. The lowest BCUT2D eigenvalue weighted by Gasteiger charge is -2.02. The number of benzene rings is 2. The molecule has 0 spiro atoms. The van der Waals surface area contributed by atoms with Crippen LogP contribution in [-0.4, -0.2) is 19.3 Å². The van der Waals surface area contributed by atoms with Gasteiger partial charge in [0, 0.05) is 18.0 Å². The lowest BCUT2D eigenvalue weighted by atomic mass is 10.3. The second kappa shape index (κ2) is 4.69. The molecular weight excluding hydrogens is 264 g/mol. The van der Waals surface area contributed by atoms with E-state index in [0.29, 0.717) is 4.90 Å². The maximum atomic E-state index is 11.0. The quantitative estimate of drug-likeness (QED) is 0.541. The van der Waals surface area contributed by atoms with Gasteiger partial charge in [-0.3, -0.25) is 10.1 Å². The fourth-order valence-electron chi connectivity index (χ4n) is 1.69. The summed E-state index contributed by atoms with van der Waals surface area (Å²) in [6.07, 6.45) is 0. The standard InChI is InChI=1S/C12H8N4O2S/c17-16(18)11-7-3-4-8-12(11)19-15-10-6-2-1-5-9(10)13-14-15/h1-8H. The molecule has 94 valence electrons. The van der Waals surface area contributed by atoms with E-state index >= 15 is 0 Å². The van der Waals surface area contributed by atoms with Gasteiger partial charge in [-0.05, 0) is 18.2 Å². The Kier molecular flexibility index (Phi) is 2.88. The van der Waals surface area contributed by atoms with E-state index in [0.717, 1.165) is 11.0 Å². The molecule has 0 aliphatic heterocycles. The molecule has 1 heterocycles. The van der Waals surface area contributed by atoms with Crippen LogP contribution in [-0.2, 0) is 0 Å². The first-order valence-electron chi connectivity index (χ1n) is 5.48. The van der Waals surface area contributed by atoms with E-state index < -0.39 is 4.92 Å². The molecule has 3 aromatic rings. The highest BCUT2D eigenvalue weighted by atomic mass is 32.2. The molecule has 19 heavy (non-hydrogen) atoms. The molecule has 0 N–H and O–H groups in total. The minimum atomic E-state index is -0.401. The van der Waals surface area contributed by atoms with Crippen LogP contribution in [0.5, 0.6) is 0 Å². The molecule has 0 saturated carbocycles. The molecule has 0 amide bonds. The highest BCUT2D eigenvalue weighted by Gasteiger charge is 2.15. The van der Waals surface area contributed by atoms with Gasteiger partial charge in [0.2, 0.25) is 0 Å². The van der Waals surface area contributed by atoms with Crippen LogP contribution in [0.1, 0.15) is 0 Å². The zero-order valence-corrected chi connectivity index (χ0v) is 10.4. The smallest absolute Gasteiger partial charge is 0.258 e. The molecule has 7 heteroatoms. The van der Waals surface area contributed by atoms with E-state index in [2.05, 4.69) is 10.3 Å². The third kappa shape index (κ3) is 2.15. The Hall–Kier alpha value is -2.41. The molecule has 0 radical (unpaired) electrons. The van der Waals surface area contributed by atoms with Crippen molar-refractivity contribution < 1.29 is 4.92 Å². The number of nitrogens with zero attached hydrogens (tertiary/aromatic N) is 4. The first kappa shape index (κ1) is 11.7. The number of para-hydroxylation sites is 2. The van der Waals surface area contributed by atoms with Crippen molar-refractivity contribution in [2.24, 2.45) is 0 Å². The molecule has 3 rings (SSSR count). The van der Waals surface area contributed by atoms with Crippen molar-refractivity contribution in [2.75, 3.05) is 0 Å². The van der Waals surface area contributed by atoms with E-state index in [1.54, 1.807) is 22.3 Å². The molecule has 0 bridgehead atoms. The molecule has 0 aliphatic rings. The summed E-state index contributed by atoms with van der Waals surface area (Å²) in [5.74, 6) is 0. The van der Waals surface area contributed by atoms with Gasteiger partial charge in [-0.1, -0.05) is 29.5 Å². The lowest BCUT2D eigenvalue weighted by Crippen LogP contribution is -1.94.